The summed E-state index contributed by atoms with van der Waals surface area (Å²) < 4.78 is 11.6. The molecule has 3 fully saturated rings. The molecule has 4 aliphatic carbocycles. The van der Waals surface area contributed by atoms with Gasteiger partial charge in [0, 0.05) is 0 Å². The minimum atomic E-state index is -1.58. The number of aliphatic carboxylic acids is 1. The lowest BCUT2D eigenvalue weighted by Gasteiger charge is -2.61. The molecule has 5 aliphatic rings. The number of rotatable bonds is 9. The van der Waals surface area contributed by atoms with Crippen molar-refractivity contribution < 1.29 is 50.0 Å². The van der Waals surface area contributed by atoms with Crippen LogP contribution in [-0.4, -0.2) is 96.8 Å². The SMILES string of the molecule is C[C@H](CC[C@H](O[C@@H]1O[C@H](CO)[C@@H](O)[C@H](O)[C@H]1O)C(C)(C)O)[C@H]1CC[C@@]2(C(=O)O)C3=C(CC[C@]12C)[C@@]1(C)CC[C@@H](O)C(C)(C)[C@@H]1CC3. The molecule has 0 aromatic heterocycles. The van der Waals surface area contributed by atoms with Crippen molar-refractivity contribution in [2.75, 3.05) is 6.61 Å². The number of aliphatic hydroxyl groups excluding tert-OH is 5. The fourth-order valence-corrected chi connectivity index (χ4v) is 11.3. The van der Waals surface area contributed by atoms with Crippen LogP contribution in [0.4, 0.5) is 0 Å². The van der Waals surface area contributed by atoms with E-state index in [0.29, 0.717) is 25.2 Å². The van der Waals surface area contributed by atoms with E-state index in [2.05, 4.69) is 34.6 Å². The van der Waals surface area contributed by atoms with Crippen molar-refractivity contribution in [3.8, 4) is 0 Å². The number of hydrogen-bond acceptors (Lipinski definition) is 9. The van der Waals surface area contributed by atoms with E-state index in [4.69, 9.17) is 9.47 Å². The molecule has 10 nitrogen and oxygen atoms in total. The summed E-state index contributed by atoms with van der Waals surface area (Å²) in [7, 11) is 0. The maximum absolute atomic E-state index is 13.6. The molecule has 2 saturated carbocycles. The molecule has 1 saturated heterocycles. The van der Waals surface area contributed by atoms with Crippen LogP contribution in [0.5, 0.6) is 0 Å². The molecule has 7 N–H and O–H groups in total. The molecule has 0 radical (unpaired) electrons. The predicted octanol–water partition coefficient (Wildman–Crippen LogP) is 3.53. The molecule has 1 heterocycles. The number of fused-ring (bicyclic) bond motifs is 4. The van der Waals surface area contributed by atoms with Crippen molar-refractivity contribution in [2.24, 2.45) is 39.4 Å². The van der Waals surface area contributed by atoms with Crippen molar-refractivity contribution in [1.82, 2.24) is 0 Å². The van der Waals surface area contributed by atoms with E-state index in [1.165, 1.54) is 5.57 Å². The van der Waals surface area contributed by atoms with Gasteiger partial charge in [0.05, 0.1) is 29.8 Å². The third-order valence-electron chi connectivity index (χ3n) is 14.1. The summed E-state index contributed by atoms with van der Waals surface area (Å²) in [4.78, 5) is 13.6. The average Bonchev–Trinajstić information content (AvgIpc) is 3.30. The Morgan fingerprint density at radius 1 is 0.935 bits per heavy atom. The first-order chi connectivity index (χ1) is 21.3. The second-order valence-corrected chi connectivity index (χ2v) is 17.1. The molecule has 0 spiro atoms. The van der Waals surface area contributed by atoms with Crippen LogP contribution in [0.15, 0.2) is 11.1 Å². The Balaban J connectivity index is 1.37. The zero-order valence-corrected chi connectivity index (χ0v) is 28.9. The molecule has 1 aliphatic heterocycles. The molecular formula is C36H60O10. The highest BCUT2D eigenvalue weighted by molar-refractivity contribution is 5.82. The number of hydrogen-bond donors (Lipinski definition) is 7. The molecule has 0 bridgehead atoms. The molecule has 10 heteroatoms. The van der Waals surface area contributed by atoms with Gasteiger partial charge in [0.15, 0.2) is 6.29 Å². The van der Waals surface area contributed by atoms with Gasteiger partial charge in [-0.2, -0.15) is 0 Å². The van der Waals surface area contributed by atoms with E-state index in [0.717, 1.165) is 50.5 Å². The highest BCUT2D eigenvalue weighted by atomic mass is 16.7. The summed E-state index contributed by atoms with van der Waals surface area (Å²) >= 11 is 0. The van der Waals surface area contributed by atoms with Gasteiger partial charge in [0.25, 0.3) is 0 Å². The van der Waals surface area contributed by atoms with Crippen molar-refractivity contribution in [2.45, 2.75) is 161 Å². The summed E-state index contributed by atoms with van der Waals surface area (Å²) in [5.74, 6) is -0.138. The first-order valence-electron chi connectivity index (χ1n) is 17.6. The van der Waals surface area contributed by atoms with Crippen molar-refractivity contribution in [3.05, 3.63) is 11.1 Å². The zero-order chi connectivity index (χ0) is 34.2. The maximum atomic E-state index is 13.6. The van der Waals surface area contributed by atoms with E-state index < -0.39 is 65.8 Å². The second kappa shape index (κ2) is 12.3. The average molecular weight is 653 g/mol. The van der Waals surface area contributed by atoms with Crippen molar-refractivity contribution >= 4 is 5.97 Å². The second-order valence-electron chi connectivity index (χ2n) is 17.1. The Kier molecular flexibility index (Phi) is 9.70. The third-order valence-corrected chi connectivity index (χ3v) is 14.1. The van der Waals surface area contributed by atoms with Crippen molar-refractivity contribution in [3.63, 3.8) is 0 Å². The van der Waals surface area contributed by atoms with Gasteiger partial charge in [-0.1, -0.05) is 45.8 Å². The van der Waals surface area contributed by atoms with E-state index in [9.17, 15) is 40.5 Å². The number of ether oxygens (including phenoxy) is 2. The fourth-order valence-electron chi connectivity index (χ4n) is 11.3. The minimum Gasteiger partial charge on any atom is -0.481 e. The Morgan fingerprint density at radius 2 is 1.61 bits per heavy atom. The smallest absolute Gasteiger partial charge is 0.314 e. The molecule has 46 heavy (non-hydrogen) atoms. The van der Waals surface area contributed by atoms with Crippen LogP contribution in [-0.2, 0) is 14.3 Å². The largest absolute Gasteiger partial charge is 0.481 e. The fraction of sp³-hybridized carbons (Fsp3) is 0.917. The van der Waals surface area contributed by atoms with E-state index in [1.807, 2.05) is 0 Å². The monoisotopic (exact) mass is 652 g/mol. The van der Waals surface area contributed by atoms with Gasteiger partial charge >= 0.3 is 5.97 Å². The Hall–Kier alpha value is -1.11. The van der Waals surface area contributed by atoms with Crippen LogP contribution in [0, 0.1) is 39.4 Å². The summed E-state index contributed by atoms with van der Waals surface area (Å²) in [5, 5.41) is 73.7. The minimum absolute atomic E-state index is 0.106. The van der Waals surface area contributed by atoms with E-state index in [-0.39, 0.29) is 28.8 Å². The van der Waals surface area contributed by atoms with Gasteiger partial charge in [-0.05, 0) is 112 Å². The summed E-state index contributed by atoms with van der Waals surface area (Å²) in [6, 6.07) is 0. The molecule has 0 amide bonds. The van der Waals surface area contributed by atoms with Gasteiger partial charge in [-0.25, -0.2) is 0 Å². The van der Waals surface area contributed by atoms with Gasteiger partial charge in [0.2, 0.25) is 0 Å². The quantitative estimate of drug-likeness (QED) is 0.182. The number of carboxylic acid groups (broad SMARTS) is 1. The summed E-state index contributed by atoms with van der Waals surface area (Å²) in [6.07, 6.45) is -0.826. The number of carboxylic acids is 1. The molecule has 0 unspecified atom stereocenters. The topological polar surface area (TPSA) is 177 Å². The Morgan fingerprint density at radius 3 is 2.22 bits per heavy atom. The first-order valence-corrected chi connectivity index (χ1v) is 17.6. The van der Waals surface area contributed by atoms with Gasteiger partial charge in [0.1, 0.15) is 24.4 Å². The van der Waals surface area contributed by atoms with Crippen LogP contribution < -0.4 is 0 Å². The number of allylic oxidation sites excluding steroid dienone is 1. The van der Waals surface area contributed by atoms with Crippen molar-refractivity contribution in [1.29, 1.82) is 0 Å². The van der Waals surface area contributed by atoms with Gasteiger partial charge < -0.3 is 45.2 Å². The normalized spacial score (nSPS) is 45.4. The lowest BCUT2D eigenvalue weighted by molar-refractivity contribution is -0.322. The zero-order valence-electron chi connectivity index (χ0n) is 28.9. The first kappa shape index (κ1) is 36.2. The highest BCUT2D eigenvalue weighted by Gasteiger charge is 2.68. The summed E-state index contributed by atoms with van der Waals surface area (Å²) in [5.41, 5.74) is -0.498. The Bertz CT molecular complexity index is 1180. The van der Waals surface area contributed by atoms with E-state index >= 15 is 0 Å². The number of carbonyl (C=O) groups is 1. The lowest BCUT2D eigenvalue weighted by atomic mass is 9.43. The maximum Gasteiger partial charge on any atom is 0.314 e. The van der Waals surface area contributed by atoms with Crippen LogP contribution in [0.2, 0.25) is 0 Å². The molecule has 13 atom stereocenters. The van der Waals surface area contributed by atoms with Crippen LogP contribution in [0.3, 0.4) is 0 Å². The molecule has 0 aromatic rings. The molecule has 264 valence electrons. The molecule has 0 aromatic carbocycles. The van der Waals surface area contributed by atoms with E-state index in [1.54, 1.807) is 13.8 Å². The van der Waals surface area contributed by atoms with Crippen LogP contribution >= 0.6 is 0 Å². The van der Waals surface area contributed by atoms with Gasteiger partial charge in [-0.3, -0.25) is 4.79 Å². The molecule has 5 rings (SSSR count). The van der Waals surface area contributed by atoms with Gasteiger partial charge in [-0.15, -0.1) is 0 Å². The van der Waals surface area contributed by atoms with Crippen LogP contribution in [0.25, 0.3) is 0 Å². The Labute approximate surface area is 274 Å². The predicted molar refractivity (Wildman–Crippen MR) is 170 cm³/mol. The standard InChI is InChI=1S/C36H60O10/c1-19(8-11-26(33(4,5)44)46-30-29(41)28(40)27(39)23(18-37)45-30)20-13-17-36(31(42)43)22-9-10-24-32(2,3)25(38)14-15-34(24,6)21(22)12-16-35(20,36)7/h19-20,23-30,37-41,44H,8-18H2,1-7H3,(H,42,43)/t19-,20-,23-,24+,25-,26+,27-,28+,29-,30+,34-,35-,36+/m1/s1. The summed E-state index contributed by atoms with van der Waals surface area (Å²) in [6.45, 7) is 13.7. The third kappa shape index (κ3) is 5.42. The number of aliphatic hydroxyl groups is 6. The highest BCUT2D eigenvalue weighted by Crippen LogP contribution is 2.72. The lowest BCUT2D eigenvalue weighted by Crippen LogP contribution is -2.60. The molecular weight excluding hydrogens is 592 g/mol. The van der Waals surface area contributed by atoms with Crippen LogP contribution in [0.1, 0.15) is 113 Å².